The summed E-state index contributed by atoms with van der Waals surface area (Å²) in [7, 11) is 1.98. The Labute approximate surface area is 124 Å². The topological polar surface area (TPSA) is 36.3 Å². The van der Waals surface area contributed by atoms with E-state index in [0.717, 1.165) is 12.1 Å². The van der Waals surface area contributed by atoms with Crippen LogP contribution in [0.5, 0.6) is 5.75 Å². The highest BCUT2D eigenvalue weighted by Crippen LogP contribution is 2.15. The second kappa shape index (κ2) is 7.41. The lowest BCUT2D eigenvalue weighted by atomic mass is 10.1. The van der Waals surface area contributed by atoms with Gasteiger partial charge in [0.1, 0.15) is 6.61 Å². The minimum atomic E-state index is -0.341. The van der Waals surface area contributed by atoms with Crippen LogP contribution in [-0.4, -0.2) is 25.1 Å². The van der Waals surface area contributed by atoms with Crippen molar-refractivity contribution < 1.29 is 9.13 Å². The van der Waals surface area contributed by atoms with Crippen molar-refractivity contribution in [1.82, 2.24) is 4.90 Å². The Morgan fingerprint density at radius 1 is 1.14 bits per heavy atom. The van der Waals surface area contributed by atoms with Crippen LogP contribution >= 0.6 is 0 Å². The zero-order valence-electron chi connectivity index (χ0n) is 11.9. The van der Waals surface area contributed by atoms with Crippen LogP contribution in [0, 0.1) is 17.1 Å². The minimum Gasteiger partial charge on any atom is -0.489 e. The highest BCUT2D eigenvalue weighted by Gasteiger charge is 2.04. The zero-order valence-corrected chi connectivity index (χ0v) is 11.9. The van der Waals surface area contributed by atoms with Crippen molar-refractivity contribution in [2.75, 3.05) is 20.2 Å². The summed E-state index contributed by atoms with van der Waals surface area (Å²) in [6, 6.07) is 16.0. The Morgan fingerprint density at radius 2 is 1.86 bits per heavy atom. The summed E-state index contributed by atoms with van der Waals surface area (Å²) in [6.07, 6.45) is 0. The van der Waals surface area contributed by atoms with Gasteiger partial charge in [-0.25, -0.2) is 4.39 Å². The summed E-state index contributed by atoms with van der Waals surface area (Å²) in [5, 5.41) is 8.75. The van der Waals surface area contributed by atoms with Gasteiger partial charge < -0.3 is 4.74 Å². The van der Waals surface area contributed by atoms with E-state index in [0.29, 0.717) is 18.7 Å². The number of hydrogen-bond donors (Lipinski definition) is 0. The predicted octanol–water partition coefficient (Wildman–Crippen LogP) is 3.21. The number of benzene rings is 2. The van der Waals surface area contributed by atoms with Crippen molar-refractivity contribution in [1.29, 1.82) is 5.26 Å². The van der Waals surface area contributed by atoms with Crippen molar-refractivity contribution in [2.45, 2.75) is 6.54 Å². The molecule has 2 rings (SSSR count). The van der Waals surface area contributed by atoms with Gasteiger partial charge in [-0.15, -0.1) is 0 Å². The molecule has 4 heteroatoms. The van der Waals surface area contributed by atoms with Crippen molar-refractivity contribution in [3.05, 3.63) is 65.5 Å². The van der Waals surface area contributed by atoms with Gasteiger partial charge in [-0.05, 0) is 36.9 Å². The third kappa shape index (κ3) is 4.59. The molecule has 0 unspecified atom stereocenters. The number of likely N-dealkylation sites (N-methyl/N-ethyl adjacent to an activating group) is 1. The van der Waals surface area contributed by atoms with Crippen LogP contribution in [-0.2, 0) is 6.54 Å². The van der Waals surface area contributed by atoms with Gasteiger partial charge in [0.25, 0.3) is 0 Å². The smallest absolute Gasteiger partial charge is 0.165 e. The Bertz CT molecular complexity index is 619. The molecule has 0 aromatic heterocycles. The Morgan fingerprint density at radius 3 is 2.52 bits per heavy atom. The molecular weight excluding hydrogens is 267 g/mol. The molecule has 2 aromatic carbocycles. The number of ether oxygens (including phenoxy) is 1. The molecule has 0 saturated heterocycles. The number of halogens is 1. The molecule has 108 valence electrons. The van der Waals surface area contributed by atoms with E-state index in [1.807, 2.05) is 19.2 Å². The van der Waals surface area contributed by atoms with Gasteiger partial charge in [0, 0.05) is 13.1 Å². The fourth-order valence-electron chi connectivity index (χ4n) is 1.95. The summed E-state index contributed by atoms with van der Waals surface area (Å²) in [4.78, 5) is 2.09. The van der Waals surface area contributed by atoms with Crippen molar-refractivity contribution in [3.8, 4) is 11.8 Å². The number of para-hydroxylation sites is 1. The van der Waals surface area contributed by atoms with E-state index < -0.39 is 0 Å². The summed E-state index contributed by atoms with van der Waals surface area (Å²) in [5.41, 5.74) is 1.78. The molecule has 0 spiro atoms. The molecule has 0 atom stereocenters. The first-order valence-electron chi connectivity index (χ1n) is 6.74. The fourth-order valence-corrected chi connectivity index (χ4v) is 1.95. The van der Waals surface area contributed by atoms with E-state index >= 15 is 0 Å². The van der Waals surface area contributed by atoms with E-state index in [9.17, 15) is 4.39 Å². The van der Waals surface area contributed by atoms with Crippen LogP contribution in [0.2, 0.25) is 0 Å². The second-order valence-corrected chi connectivity index (χ2v) is 4.83. The van der Waals surface area contributed by atoms with E-state index in [1.165, 1.54) is 6.07 Å². The molecule has 0 aliphatic heterocycles. The van der Waals surface area contributed by atoms with Crippen molar-refractivity contribution >= 4 is 0 Å². The normalized spacial score (nSPS) is 10.4. The summed E-state index contributed by atoms with van der Waals surface area (Å²) in [6.45, 7) is 1.87. The molecule has 0 bridgehead atoms. The van der Waals surface area contributed by atoms with Gasteiger partial charge in [-0.1, -0.05) is 24.3 Å². The first-order valence-corrected chi connectivity index (χ1v) is 6.74. The lowest BCUT2D eigenvalue weighted by Gasteiger charge is -2.17. The number of nitrogens with zero attached hydrogens (tertiary/aromatic N) is 2. The number of rotatable bonds is 6. The van der Waals surface area contributed by atoms with E-state index in [1.54, 1.807) is 30.3 Å². The van der Waals surface area contributed by atoms with E-state index in [2.05, 4.69) is 11.0 Å². The first-order chi connectivity index (χ1) is 10.2. The molecule has 3 nitrogen and oxygen atoms in total. The zero-order chi connectivity index (χ0) is 15.1. The number of nitriles is 1. The third-order valence-corrected chi connectivity index (χ3v) is 3.10. The summed E-state index contributed by atoms with van der Waals surface area (Å²) < 4.78 is 18.8. The van der Waals surface area contributed by atoms with Gasteiger partial charge in [0.15, 0.2) is 11.6 Å². The maximum absolute atomic E-state index is 13.4. The Hall–Kier alpha value is -2.38. The van der Waals surface area contributed by atoms with Crippen LogP contribution in [0.15, 0.2) is 48.5 Å². The lowest BCUT2D eigenvalue weighted by molar-refractivity contribution is 0.226. The van der Waals surface area contributed by atoms with Gasteiger partial charge in [0.2, 0.25) is 0 Å². The highest BCUT2D eigenvalue weighted by molar-refractivity contribution is 5.31. The van der Waals surface area contributed by atoms with Gasteiger partial charge >= 0.3 is 0 Å². The van der Waals surface area contributed by atoms with Gasteiger partial charge in [-0.3, -0.25) is 4.90 Å². The minimum absolute atomic E-state index is 0.282. The monoisotopic (exact) mass is 284 g/mol. The molecule has 21 heavy (non-hydrogen) atoms. The maximum Gasteiger partial charge on any atom is 0.165 e. The average Bonchev–Trinajstić information content (AvgIpc) is 2.50. The summed E-state index contributed by atoms with van der Waals surface area (Å²) >= 11 is 0. The first kappa shape index (κ1) is 15.0. The summed E-state index contributed by atoms with van der Waals surface area (Å²) in [5.74, 6) is -0.0588. The van der Waals surface area contributed by atoms with E-state index in [-0.39, 0.29) is 11.6 Å². The molecule has 0 radical (unpaired) electrons. The maximum atomic E-state index is 13.4. The van der Waals surface area contributed by atoms with E-state index in [4.69, 9.17) is 10.00 Å². The standard InChI is InChI=1S/C17H17FN2O/c1-20(13-15-8-6-14(12-19)7-9-15)10-11-21-17-5-3-2-4-16(17)18/h2-9H,10-11,13H2,1H3. The third-order valence-electron chi connectivity index (χ3n) is 3.10. The molecule has 0 saturated carbocycles. The SMILES string of the molecule is CN(CCOc1ccccc1F)Cc1ccc(C#N)cc1. The number of hydrogen-bond acceptors (Lipinski definition) is 3. The van der Waals surface area contributed by atoms with Crippen molar-refractivity contribution in [3.63, 3.8) is 0 Å². The molecule has 2 aromatic rings. The highest BCUT2D eigenvalue weighted by atomic mass is 19.1. The van der Waals surface area contributed by atoms with Crippen LogP contribution in [0.1, 0.15) is 11.1 Å². The Balaban J connectivity index is 1.78. The molecular formula is C17H17FN2O. The van der Waals surface area contributed by atoms with Gasteiger partial charge in [-0.2, -0.15) is 5.26 Å². The molecule has 0 N–H and O–H groups in total. The fraction of sp³-hybridized carbons (Fsp3) is 0.235. The molecule has 0 amide bonds. The molecule has 0 aliphatic carbocycles. The van der Waals surface area contributed by atoms with Crippen molar-refractivity contribution in [2.24, 2.45) is 0 Å². The predicted molar refractivity (Wildman–Crippen MR) is 79.4 cm³/mol. The van der Waals surface area contributed by atoms with Crippen LogP contribution < -0.4 is 4.74 Å². The second-order valence-electron chi connectivity index (χ2n) is 4.83. The average molecular weight is 284 g/mol. The molecule has 0 heterocycles. The lowest BCUT2D eigenvalue weighted by Crippen LogP contribution is -2.24. The van der Waals surface area contributed by atoms with Crippen LogP contribution in [0.4, 0.5) is 4.39 Å². The van der Waals surface area contributed by atoms with Crippen LogP contribution in [0.3, 0.4) is 0 Å². The van der Waals surface area contributed by atoms with Crippen LogP contribution in [0.25, 0.3) is 0 Å². The largest absolute Gasteiger partial charge is 0.489 e. The molecule has 0 aliphatic rings. The molecule has 0 fully saturated rings. The Kier molecular flexibility index (Phi) is 5.30. The van der Waals surface area contributed by atoms with Gasteiger partial charge in [0.05, 0.1) is 11.6 Å². The quantitative estimate of drug-likeness (QED) is 0.817.